The summed E-state index contributed by atoms with van der Waals surface area (Å²) in [4.78, 5) is 0. The molecule has 0 saturated heterocycles. The summed E-state index contributed by atoms with van der Waals surface area (Å²) in [5.41, 5.74) is 3.21. The summed E-state index contributed by atoms with van der Waals surface area (Å²) >= 11 is 0. The number of para-hydroxylation sites is 1. The molecule has 2 heteroatoms. The molecule has 0 spiro atoms. The van der Waals surface area contributed by atoms with Gasteiger partial charge in [-0.3, -0.25) is 0 Å². The highest BCUT2D eigenvalue weighted by atomic mass is 14.9. The minimum absolute atomic E-state index is 0.417. The van der Waals surface area contributed by atoms with E-state index in [1.54, 1.807) is 0 Å². The Morgan fingerprint density at radius 3 is 2.85 bits per heavy atom. The SMILES string of the molecule is CCCCCC(C)(C)CNCC1CNc2ccccc21. The van der Waals surface area contributed by atoms with Gasteiger partial charge in [-0.2, -0.15) is 0 Å². The number of benzene rings is 1. The average molecular weight is 274 g/mol. The zero-order valence-electron chi connectivity index (χ0n) is 13.3. The fourth-order valence-electron chi connectivity index (χ4n) is 3.07. The van der Waals surface area contributed by atoms with Gasteiger partial charge < -0.3 is 10.6 Å². The van der Waals surface area contributed by atoms with Gasteiger partial charge in [0.1, 0.15) is 0 Å². The summed E-state index contributed by atoms with van der Waals surface area (Å²) in [6, 6.07) is 8.70. The molecule has 2 N–H and O–H groups in total. The lowest BCUT2D eigenvalue weighted by Gasteiger charge is -2.26. The minimum atomic E-state index is 0.417. The third-order valence-electron chi connectivity index (χ3n) is 4.39. The molecule has 112 valence electrons. The number of nitrogens with one attached hydrogen (secondary N) is 2. The molecule has 0 aromatic heterocycles. The van der Waals surface area contributed by atoms with Crippen molar-refractivity contribution in [1.82, 2.24) is 5.32 Å². The van der Waals surface area contributed by atoms with Crippen LogP contribution in [-0.2, 0) is 0 Å². The molecule has 1 aliphatic heterocycles. The molecular formula is C18H30N2. The van der Waals surface area contributed by atoms with Crippen LogP contribution in [-0.4, -0.2) is 19.6 Å². The molecule has 1 atom stereocenters. The van der Waals surface area contributed by atoms with Crippen LogP contribution in [0.4, 0.5) is 5.69 Å². The van der Waals surface area contributed by atoms with Crippen LogP contribution in [0.25, 0.3) is 0 Å². The number of unbranched alkanes of at least 4 members (excludes halogenated alkanes) is 2. The predicted molar refractivity (Wildman–Crippen MR) is 88.5 cm³/mol. The first-order chi connectivity index (χ1) is 9.62. The van der Waals surface area contributed by atoms with Crippen LogP contribution in [0.5, 0.6) is 0 Å². The lowest BCUT2D eigenvalue weighted by atomic mass is 9.86. The summed E-state index contributed by atoms with van der Waals surface area (Å²) in [6.07, 6.45) is 5.36. The number of rotatable bonds is 8. The monoisotopic (exact) mass is 274 g/mol. The number of fused-ring (bicyclic) bond motifs is 1. The third kappa shape index (κ3) is 4.24. The Kier molecular flexibility index (Phi) is 5.47. The van der Waals surface area contributed by atoms with Crippen LogP contribution in [0.1, 0.15) is 57.9 Å². The highest BCUT2D eigenvalue weighted by molar-refractivity contribution is 5.57. The van der Waals surface area contributed by atoms with E-state index >= 15 is 0 Å². The largest absolute Gasteiger partial charge is 0.384 e. The minimum Gasteiger partial charge on any atom is -0.384 e. The van der Waals surface area contributed by atoms with Crippen molar-refractivity contribution in [2.24, 2.45) is 5.41 Å². The molecule has 1 aromatic carbocycles. The molecule has 20 heavy (non-hydrogen) atoms. The lowest BCUT2D eigenvalue weighted by Crippen LogP contribution is -2.32. The first kappa shape index (κ1) is 15.4. The van der Waals surface area contributed by atoms with Gasteiger partial charge in [-0.25, -0.2) is 0 Å². The van der Waals surface area contributed by atoms with Crippen molar-refractivity contribution in [3.8, 4) is 0 Å². The highest BCUT2D eigenvalue weighted by Gasteiger charge is 2.22. The Labute approximate surface area is 124 Å². The molecule has 1 unspecified atom stereocenters. The highest BCUT2D eigenvalue weighted by Crippen LogP contribution is 2.30. The van der Waals surface area contributed by atoms with Gasteiger partial charge in [0.15, 0.2) is 0 Å². The van der Waals surface area contributed by atoms with E-state index < -0.39 is 0 Å². The van der Waals surface area contributed by atoms with E-state index in [0.29, 0.717) is 11.3 Å². The standard InChI is InChI=1S/C18H30N2/c1-4-5-8-11-18(2,3)14-19-12-15-13-20-17-10-7-6-9-16(15)17/h6-7,9-10,15,19-20H,4-5,8,11-14H2,1-3H3. The maximum atomic E-state index is 3.70. The molecular weight excluding hydrogens is 244 g/mol. The van der Waals surface area contributed by atoms with Crippen LogP contribution < -0.4 is 10.6 Å². The van der Waals surface area contributed by atoms with Gasteiger partial charge in [-0.05, 0) is 23.5 Å². The molecule has 0 amide bonds. The van der Waals surface area contributed by atoms with E-state index in [1.807, 2.05) is 0 Å². The first-order valence-electron chi connectivity index (χ1n) is 8.16. The molecule has 0 fully saturated rings. The van der Waals surface area contributed by atoms with E-state index in [1.165, 1.54) is 36.9 Å². The molecule has 1 aromatic rings. The summed E-state index contributed by atoms with van der Waals surface area (Å²) < 4.78 is 0. The van der Waals surface area contributed by atoms with Crippen LogP contribution in [0.3, 0.4) is 0 Å². The second-order valence-corrected chi connectivity index (χ2v) is 6.92. The van der Waals surface area contributed by atoms with E-state index in [9.17, 15) is 0 Å². The van der Waals surface area contributed by atoms with Crippen LogP contribution in [0, 0.1) is 5.41 Å². The Morgan fingerprint density at radius 1 is 1.25 bits per heavy atom. The summed E-state index contributed by atoms with van der Waals surface area (Å²) in [5.74, 6) is 0.623. The molecule has 0 radical (unpaired) electrons. The van der Waals surface area contributed by atoms with Crippen molar-refractivity contribution >= 4 is 5.69 Å². The molecule has 0 aliphatic carbocycles. The zero-order chi connectivity index (χ0) is 14.4. The van der Waals surface area contributed by atoms with Crippen molar-refractivity contribution in [1.29, 1.82) is 0 Å². The zero-order valence-corrected chi connectivity index (χ0v) is 13.3. The van der Waals surface area contributed by atoms with Crippen LogP contribution in [0.2, 0.25) is 0 Å². The Morgan fingerprint density at radius 2 is 2.05 bits per heavy atom. The molecule has 1 heterocycles. The van der Waals surface area contributed by atoms with Crippen LogP contribution >= 0.6 is 0 Å². The average Bonchev–Trinajstić information content (AvgIpc) is 2.82. The Balaban J connectivity index is 1.74. The fraction of sp³-hybridized carbons (Fsp3) is 0.667. The van der Waals surface area contributed by atoms with E-state index in [4.69, 9.17) is 0 Å². The summed E-state index contributed by atoms with van der Waals surface area (Å²) in [7, 11) is 0. The maximum Gasteiger partial charge on any atom is 0.0376 e. The second-order valence-electron chi connectivity index (χ2n) is 6.92. The molecule has 1 aliphatic rings. The van der Waals surface area contributed by atoms with Crippen molar-refractivity contribution in [3.63, 3.8) is 0 Å². The smallest absolute Gasteiger partial charge is 0.0376 e. The lowest BCUT2D eigenvalue weighted by molar-refractivity contribution is 0.300. The molecule has 2 nitrogen and oxygen atoms in total. The van der Waals surface area contributed by atoms with Gasteiger partial charge in [0, 0.05) is 31.2 Å². The van der Waals surface area contributed by atoms with Crippen molar-refractivity contribution < 1.29 is 0 Å². The summed E-state index contributed by atoms with van der Waals surface area (Å²) in [5, 5.41) is 7.20. The van der Waals surface area contributed by atoms with Gasteiger partial charge in [-0.1, -0.05) is 58.2 Å². The maximum absolute atomic E-state index is 3.70. The van der Waals surface area contributed by atoms with E-state index in [0.717, 1.165) is 19.6 Å². The van der Waals surface area contributed by atoms with E-state index in [-0.39, 0.29) is 0 Å². The Bertz CT molecular complexity index is 412. The molecule has 0 bridgehead atoms. The topological polar surface area (TPSA) is 24.1 Å². The summed E-state index contributed by atoms with van der Waals surface area (Å²) in [6.45, 7) is 10.3. The first-order valence-corrected chi connectivity index (χ1v) is 8.16. The van der Waals surface area contributed by atoms with Crippen molar-refractivity contribution in [2.45, 2.75) is 52.4 Å². The van der Waals surface area contributed by atoms with Crippen molar-refractivity contribution in [2.75, 3.05) is 25.0 Å². The quantitative estimate of drug-likeness (QED) is 0.687. The van der Waals surface area contributed by atoms with E-state index in [2.05, 4.69) is 55.7 Å². The second kappa shape index (κ2) is 7.12. The van der Waals surface area contributed by atoms with Gasteiger partial charge in [0.05, 0.1) is 0 Å². The third-order valence-corrected chi connectivity index (χ3v) is 4.39. The predicted octanol–water partition coefficient (Wildman–Crippen LogP) is 4.39. The van der Waals surface area contributed by atoms with Gasteiger partial charge in [-0.15, -0.1) is 0 Å². The Hall–Kier alpha value is -1.02. The van der Waals surface area contributed by atoms with Gasteiger partial charge >= 0.3 is 0 Å². The molecule has 0 saturated carbocycles. The normalized spacial score (nSPS) is 17.9. The number of anilines is 1. The number of hydrogen-bond acceptors (Lipinski definition) is 2. The van der Waals surface area contributed by atoms with Gasteiger partial charge in [0.2, 0.25) is 0 Å². The van der Waals surface area contributed by atoms with Crippen LogP contribution in [0.15, 0.2) is 24.3 Å². The van der Waals surface area contributed by atoms with Crippen molar-refractivity contribution in [3.05, 3.63) is 29.8 Å². The van der Waals surface area contributed by atoms with Gasteiger partial charge in [0.25, 0.3) is 0 Å². The number of hydrogen-bond donors (Lipinski definition) is 2. The fourth-order valence-corrected chi connectivity index (χ4v) is 3.07. The molecule has 2 rings (SSSR count).